The van der Waals surface area contributed by atoms with Crippen molar-refractivity contribution in [1.29, 1.82) is 0 Å². The number of aromatic nitrogens is 2. The summed E-state index contributed by atoms with van der Waals surface area (Å²) < 4.78 is 5.17. The molecule has 5 nitrogen and oxygen atoms in total. The van der Waals surface area contributed by atoms with E-state index in [0.717, 1.165) is 27.7 Å². The lowest BCUT2D eigenvalue weighted by Gasteiger charge is -2.10. The van der Waals surface area contributed by atoms with E-state index >= 15 is 0 Å². The summed E-state index contributed by atoms with van der Waals surface area (Å²) in [7, 11) is 3.48. The van der Waals surface area contributed by atoms with Crippen LogP contribution in [0.4, 0.5) is 0 Å². The number of fused-ring (bicyclic) bond motifs is 1. The Kier molecular flexibility index (Phi) is 4.46. The minimum atomic E-state index is 0.0812. The van der Waals surface area contributed by atoms with E-state index in [-0.39, 0.29) is 12.6 Å². The molecule has 0 aliphatic rings. The SMILES string of the molecule is CNC(CO)CSc1nc2ccc(OC)cc2[nH]1. The lowest BCUT2D eigenvalue weighted by molar-refractivity contribution is 0.260. The highest BCUT2D eigenvalue weighted by Crippen LogP contribution is 2.23. The molecule has 98 valence electrons. The molecule has 0 spiro atoms. The van der Waals surface area contributed by atoms with Crippen LogP contribution in [-0.4, -0.2) is 47.6 Å². The zero-order valence-electron chi connectivity index (χ0n) is 10.4. The maximum absolute atomic E-state index is 9.09. The average Bonchev–Trinajstić information content (AvgIpc) is 2.81. The van der Waals surface area contributed by atoms with Crippen molar-refractivity contribution in [3.8, 4) is 5.75 Å². The number of thioether (sulfide) groups is 1. The van der Waals surface area contributed by atoms with Crippen molar-refractivity contribution in [2.75, 3.05) is 26.5 Å². The van der Waals surface area contributed by atoms with Crippen LogP contribution in [0, 0.1) is 0 Å². The maximum atomic E-state index is 9.09. The number of benzene rings is 1. The minimum absolute atomic E-state index is 0.0812. The van der Waals surface area contributed by atoms with Gasteiger partial charge in [-0.15, -0.1) is 0 Å². The first-order valence-electron chi connectivity index (χ1n) is 5.71. The Hall–Kier alpha value is -1.24. The van der Waals surface area contributed by atoms with Gasteiger partial charge in [-0.1, -0.05) is 11.8 Å². The van der Waals surface area contributed by atoms with E-state index in [1.807, 2.05) is 25.2 Å². The predicted molar refractivity (Wildman–Crippen MR) is 73.3 cm³/mol. The number of imidazole rings is 1. The number of nitrogens with one attached hydrogen (secondary N) is 2. The molecule has 1 unspecified atom stereocenters. The van der Waals surface area contributed by atoms with Crippen molar-refractivity contribution in [1.82, 2.24) is 15.3 Å². The quantitative estimate of drug-likeness (QED) is 0.687. The van der Waals surface area contributed by atoms with Crippen LogP contribution in [0.2, 0.25) is 0 Å². The number of methoxy groups -OCH3 is 1. The van der Waals surface area contributed by atoms with Crippen LogP contribution in [0.1, 0.15) is 0 Å². The van der Waals surface area contributed by atoms with Gasteiger partial charge in [0.05, 0.1) is 24.8 Å². The third-order valence-electron chi connectivity index (χ3n) is 2.72. The van der Waals surface area contributed by atoms with Crippen molar-refractivity contribution in [3.63, 3.8) is 0 Å². The Morgan fingerprint density at radius 2 is 2.39 bits per heavy atom. The van der Waals surface area contributed by atoms with Crippen LogP contribution in [0.5, 0.6) is 5.75 Å². The Morgan fingerprint density at radius 1 is 1.56 bits per heavy atom. The van der Waals surface area contributed by atoms with E-state index < -0.39 is 0 Å². The first-order valence-corrected chi connectivity index (χ1v) is 6.70. The minimum Gasteiger partial charge on any atom is -0.497 e. The molecule has 0 aliphatic carbocycles. The van der Waals surface area contributed by atoms with Crippen LogP contribution < -0.4 is 10.1 Å². The smallest absolute Gasteiger partial charge is 0.166 e. The molecule has 2 rings (SSSR count). The Morgan fingerprint density at radius 3 is 3.06 bits per heavy atom. The predicted octanol–water partition coefficient (Wildman–Crippen LogP) is 1.24. The number of rotatable bonds is 6. The molecule has 3 N–H and O–H groups in total. The van der Waals surface area contributed by atoms with Gasteiger partial charge in [0, 0.05) is 17.9 Å². The number of nitrogens with zero attached hydrogens (tertiary/aromatic N) is 1. The monoisotopic (exact) mass is 267 g/mol. The number of H-pyrrole nitrogens is 1. The van der Waals surface area contributed by atoms with Gasteiger partial charge >= 0.3 is 0 Å². The summed E-state index contributed by atoms with van der Waals surface area (Å²) in [5.41, 5.74) is 1.88. The molecule has 1 aromatic heterocycles. The largest absolute Gasteiger partial charge is 0.497 e. The standard InChI is InChI=1S/C12H17N3O2S/c1-13-8(6-16)7-18-12-14-10-4-3-9(17-2)5-11(10)15-12/h3-5,8,13,16H,6-7H2,1-2H3,(H,14,15). The van der Waals surface area contributed by atoms with Gasteiger partial charge in [0.25, 0.3) is 0 Å². The fourth-order valence-electron chi connectivity index (χ4n) is 1.57. The normalized spacial score (nSPS) is 12.8. The number of ether oxygens (including phenoxy) is 1. The second kappa shape index (κ2) is 6.08. The third kappa shape index (κ3) is 2.95. The van der Waals surface area contributed by atoms with Crippen LogP contribution >= 0.6 is 11.8 Å². The molecule has 0 amide bonds. The fraction of sp³-hybridized carbons (Fsp3) is 0.417. The molecule has 1 aromatic carbocycles. The molecule has 1 atom stereocenters. The Labute approximate surface area is 110 Å². The lowest BCUT2D eigenvalue weighted by atomic mass is 10.3. The van der Waals surface area contributed by atoms with Crippen molar-refractivity contribution in [3.05, 3.63) is 18.2 Å². The van der Waals surface area contributed by atoms with Crippen molar-refractivity contribution in [2.45, 2.75) is 11.2 Å². The zero-order valence-corrected chi connectivity index (χ0v) is 11.3. The second-order valence-corrected chi connectivity index (χ2v) is 4.91. The van der Waals surface area contributed by atoms with Gasteiger partial charge in [-0.2, -0.15) is 0 Å². The molecule has 6 heteroatoms. The topological polar surface area (TPSA) is 70.2 Å². The summed E-state index contributed by atoms with van der Waals surface area (Å²) in [6.07, 6.45) is 0. The summed E-state index contributed by atoms with van der Waals surface area (Å²) in [6.45, 7) is 0.123. The summed E-state index contributed by atoms with van der Waals surface area (Å²) in [4.78, 5) is 7.71. The van der Waals surface area contributed by atoms with Gasteiger partial charge in [-0.3, -0.25) is 0 Å². The molecule has 0 aliphatic heterocycles. The van der Waals surface area contributed by atoms with Gasteiger partial charge in [-0.25, -0.2) is 4.98 Å². The van der Waals surface area contributed by atoms with Gasteiger partial charge < -0.3 is 20.1 Å². The molecule has 1 heterocycles. The first-order chi connectivity index (χ1) is 8.76. The van der Waals surface area contributed by atoms with E-state index in [1.54, 1.807) is 18.9 Å². The van der Waals surface area contributed by atoms with Crippen LogP contribution in [0.3, 0.4) is 0 Å². The van der Waals surface area contributed by atoms with Gasteiger partial charge in [0.2, 0.25) is 0 Å². The van der Waals surface area contributed by atoms with Crippen molar-refractivity contribution in [2.24, 2.45) is 0 Å². The highest BCUT2D eigenvalue weighted by atomic mass is 32.2. The highest BCUT2D eigenvalue weighted by molar-refractivity contribution is 7.99. The molecule has 0 fully saturated rings. The Bertz CT molecular complexity index is 511. The zero-order chi connectivity index (χ0) is 13.0. The van der Waals surface area contributed by atoms with E-state index in [0.29, 0.717) is 0 Å². The molecular weight excluding hydrogens is 250 g/mol. The van der Waals surface area contributed by atoms with E-state index in [2.05, 4.69) is 15.3 Å². The molecule has 0 bridgehead atoms. The number of hydrogen-bond acceptors (Lipinski definition) is 5. The number of hydrogen-bond donors (Lipinski definition) is 3. The van der Waals surface area contributed by atoms with Crippen LogP contribution in [0.15, 0.2) is 23.4 Å². The van der Waals surface area contributed by atoms with E-state index in [1.165, 1.54) is 0 Å². The van der Waals surface area contributed by atoms with Crippen LogP contribution in [0.25, 0.3) is 11.0 Å². The molecule has 2 aromatic rings. The van der Waals surface area contributed by atoms with Crippen LogP contribution in [-0.2, 0) is 0 Å². The summed E-state index contributed by atoms with van der Waals surface area (Å²) in [6, 6.07) is 5.82. The van der Waals surface area contributed by atoms with Gasteiger partial charge in [-0.05, 0) is 19.2 Å². The molecule has 18 heavy (non-hydrogen) atoms. The highest BCUT2D eigenvalue weighted by Gasteiger charge is 2.08. The summed E-state index contributed by atoms with van der Waals surface area (Å²) in [5.74, 6) is 1.58. The van der Waals surface area contributed by atoms with Gasteiger partial charge in [0.15, 0.2) is 5.16 Å². The molecular formula is C12H17N3O2S. The number of likely N-dealkylation sites (N-methyl/N-ethyl adjacent to an activating group) is 1. The third-order valence-corrected chi connectivity index (χ3v) is 3.75. The van der Waals surface area contributed by atoms with Gasteiger partial charge in [0.1, 0.15) is 5.75 Å². The molecule has 0 radical (unpaired) electrons. The van der Waals surface area contributed by atoms with E-state index in [9.17, 15) is 0 Å². The lowest BCUT2D eigenvalue weighted by Crippen LogP contribution is -2.31. The van der Waals surface area contributed by atoms with E-state index in [4.69, 9.17) is 9.84 Å². The molecule has 0 saturated heterocycles. The number of aliphatic hydroxyl groups is 1. The fourth-order valence-corrected chi connectivity index (χ4v) is 2.54. The summed E-state index contributed by atoms with van der Waals surface area (Å²) >= 11 is 1.59. The number of aliphatic hydroxyl groups excluding tert-OH is 1. The maximum Gasteiger partial charge on any atom is 0.166 e. The Balaban J connectivity index is 2.10. The first kappa shape index (κ1) is 13.2. The number of aromatic amines is 1. The van der Waals surface area contributed by atoms with Crippen molar-refractivity contribution >= 4 is 22.8 Å². The molecule has 0 saturated carbocycles. The summed E-state index contributed by atoms with van der Waals surface area (Å²) in [5, 5.41) is 13.0. The van der Waals surface area contributed by atoms with Crippen molar-refractivity contribution < 1.29 is 9.84 Å². The second-order valence-electron chi connectivity index (χ2n) is 3.90. The average molecular weight is 267 g/mol.